The summed E-state index contributed by atoms with van der Waals surface area (Å²) in [6, 6.07) is 0. The third kappa shape index (κ3) is 2.76. The van der Waals surface area contributed by atoms with Gasteiger partial charge in [-0.2, -0.15) is 0 Å². The van der Waals surface area contributed by atoms with Crippen molar-refractivity contribution in [2.24, 2.45) is 11.8 Å². The van der Waals surface area contributed by atoms with Crippen molar-refractivity contribution in [2.75, 3.05) is 0 Å². The Morgan fingerprint density at radius 3 is 2.44 bits per heavy atom. The van der Waals surface area contributed by atoms with Gasteiger partial charge in [-0.1, -0.05) is 27.7 Å². The van der Waals surface area contributed by atoms with Crippen LogP contribution in [0, 0.1) is 11.8 Å². The number of Topliss-reactive ketones (excluding diaryl/α,β-unsaturated/α-hetero) is 2. The Hall–Kier alpha value is -1.03. The molecule has 1 rings (SSSR count). The molecule has 4 heteroatoms. The molecule has 0 saturated carbocycles. The fraction of sp³-hybridized carbons (Fsp3) is 0.583. The van der Waals surface area contributed by atoms with Gasteiger partial charge in [0.15, 0.2) is 16.6 Å². The van der Waals surface area contributed by atoms with Crippen LogP contribution in [0.5, 0.6) is 0 Å². The summed E-state index contributed by atoms with van der Waals surface area (Å²) in [5, 5.41) is 2.14. The fourth-order valence-corrected chi connectivity index (χ4v) is 2.05. The lowest BCUT2D eigenvalue weighted by Gasteiger charge is -2.03. The third-order valence-electron chi connectivity index (χ3n) is 2.55. The second kappa shape index (κ2) is 5.34. The highest BCUT2D eigenvalue weighted by Crippen LogP contribution is 2.18. The molecule has 0 saturated heterocycles. The lowest BCUT2D eigenvalue weighted by Crippen LogP contribution is -2.12. The normalized spacial score (nSPS) is 12.8. The highest BCUT2D eigenvalue weighted by atomic mass is 32.1. The summed E-state index contributed by atoms with van der Waals surface area (Å²) >= 11 is 1.27. The van der Waals surface area contributed by atoms with Crippen molar-refractivity contribution in [3.63, 3.8) is 0 Å². The molecule has 0 amide bonds. The molecule has 0 spiro atoms. The van der Waals surface area contributed by atoms with Crippen molar-refractivity contribution in [2.45, 2.75) is 34.1 Å². The van der Waals surface area contributed by atoms with Gasteiger partial charge in [0.1, 0.15) is 5.69 Å². The van der Waals surface area contributed by atoms with Gasteiger partial charge >= 0.3 is 0 Å². The van der Waals surface area contributed by atoms with Gasteiger partial charge in [0, 0.05) is 17.2 Å². The van der Waals surface area contributed by atoms with Crippen molar-refractivity contribution in [1.29, 1.82) is 0 Å². The molecule has 1 aromatic heterocycles. The molecular weight excluding hydrogens is 222 g/mol. The molecule has 1 aromatic rings. The van der Waals surface area contributed by atoms with Gasteiger partial charge in [0.25, 0.3) is 0 Å². The minimum atomic E-state index is -0.0753. The van der Waals surface area contributed by atoms with Crippen LogP contribution in [0.2, 0.25) is 0 Å². The maximum absolute atomic E-state index is 11.8. The number of carbonyl (C=O) groups is 2. The van der Waals surface area contributed by atoms with Crippen LogP contribution in [-0.4, -0.2) is 16.6 Å². The van der Waals surface area contributed by atoms with E-state index in [9.17, 15) is 9.59 Å². The molecule has 0 fully saturated rings. The molecule has 1 heterocycles. The number of aromatic nitrogens is 1. The largest absolute Gasteiger partial charge is 0.292 e. The summed E-state index contributed by atoms with van der Waals surface area (Å²) in [5.41, 5.74) is 0.423. The Morgan fingerprint density at radius 2 is 1.94 bits per heavy atom. The number of hydrogen-bond donors (Lipinski definition) is 0. The van der Waals surface area contributed by atoms with Crippen LogP contribution in [0.1, 0.15) is 54.4 Å². The zero-order chi connectivity index (χ0) is 12.3. The van der Waals surface area contributed by atoms with Gasteiger partial charge in [0.05, 0.1) is 0 Å². The monoisotopic (exact) mass is 239 g/mol. The first-order valence-electron chi connectivity index (χ1n) is 5.51. The average Bonchev–Trinajstić information content (AvgIpc) is 2.74. The first kappa shape index (κ1) is 13.0. The number of carbonyl (C=O) groups excluding carboxylic acids is 2. The van der Waals surface area contributed by atoms with Gasteiger partial charge in [-0.15, -0.1) is 11.3 Å². The van der Waals surface area contributed by atoms with Gasteiger partial charge in [-0.3, -0.25) is 9.59 Å². The van der Waals surface area contributed by atoms with Crippen LogP contribution in [-0.2, 0) is 0 Å². The van der Waals surface area contributed by atoms with Crippen molar-refractivity contribution < 1.29 is 9.59 Å². The van der Waals surface area contributed by atoms with Crippen LogP contribution in [0.15, 0.2) is 5.38 Å². The van der Waals surface area contributed by atoms with E-state index in [1.54, 1.807) is 5.38 Å². The lowest BCUT2D eigenvalue weighted by molar-refractivity contribution is 0.0925. The van der Waals surface area contributed by atoms with Crippen LogP contribution in [0.4, 0.5) is 0 Å². The molecule has 1 atom stereocenters. The summed E-state index contributed by atoms with van der Waals surface area (Å²) in [6.45, 7) is 7.51. The summed E-state index contributed by atoms with van der Waals surface area (Å²) in [6.07, 6.45) is 0.797. The Balaban J connectivity index is 2.87. The molecule has 0 N–H and O–H groups in total. The van der Waals surface area contributed by atoms with Crippen LogP contribution < -0.4 is 0 Å². The van der Waals surface area contributed by atoms with E-state index in [0.717, 1.165) is 6.42 Å². The van der Waals surface area contributed by atoms with E-state index >= 15 is 0 Å². The number of thiazole rings is 1. The van der Waals surface area contributed by atoms with Crippen molar-refractivity contribution in [3.05, 3.63) is 16.1 Å². The van der Waals surface area contributed by atoms with E-state index in [0.29, 0.717) is 10.7 Å². The van der Waals surface area contributed by atoms with Crippen LogP contribution in [0.25, 0.3) is 0 Å². The van der Waals surface area contributed by atoms with Gasteiger partial charge in [0.2, 0.25) is 0 Å². The highest BCUT2D eigenvalue weighted by Gasteiger charge is 2.20. The predicted octanol–water partition coefficient (Wildman–Crippen LogP) is 3.21. The van der Waals surface area contributed by atoms with E-state index in [1.807, 2.05) is 27.7 Å². The second-order valence-corrected chi connectivity index (χ2v) is 5.09. The van der Waals surface area contributed by atoms with E-state index in [-0.39, 0.29) is 23.4 Å². The maximum atomic E-state index is 11.8. The maximum Gasteiger partial charge on any atom is 0.194 e. The lowest BCUT2D eigenvalue weighted by atomic mass is 10.0. The second-order valence-electron chi connectivity index (χ2n) is 4.23. The molecule has 16 heavy (non-hydrogen) atoms. The molecule has 0 aliphatic rings. The quantitative estimate of drug-likeness (QED) is 0.741. The summed E-state index contributed by atoms with van der Waals surface area (Å²) in [5.74, 6) is -0.0587. The molecule has 3 nitrogen and oxygen atoms in total. The topological polar surface area (TPSA) is 47.0 Å². The number of nitrogens with zero attached hydrogens (tertiary/aromatic N) is 1. The van der Waals surface area contributed by atoms with E-state index in [4.69, 9.17) is 0 Å². The van der Waals surface area contributed by atoms with Gasteiger partial charge in [-0.05, 0) is 6.42 Å². The zero-order valence-corrected chi connectivity index (χ0v) is 10.9. The molecule has 0 aliphatic heterocycles. The van der Waals surface area contributed by atoms with E-state index in [1.165, 1.54) is 11.3 Å². The Kier molecular flexibility index (Phi) is 4.35. The minimum Gasteiger partial charge on any atom is -0.292 e. The molecule has 0 aliphatic carbocycles. The standard InChI is InChI=1S/C12H17NO2S/c1-5-8(4)11(15)12-13-9(6-16-12)10(14)7(2)3/h6-8H,5H2,1-4H3/t8-/m0/s1. The van der Waals surface area contributed by atoms with Gasteiger partial charge < -0.3 is 0 Å². The Morgan fingerprint density at radius 1 is 1.31 bits per heavy atom. The average molecular weight is 239 g/mol. The zero-order valence-electron chi connectivity index (χ0n) is 10.1. The Labute approximate surface area is 99.9 Å². The molecule has 0 radical (unpaired) electrons. The highest BCUT2D eigenvalue weighted by molar-refractivity contribution is 7.12. The summed E-state index contributed by atoms with van der Waals surface area (Å²) in [7, 11) is 0. The first-order chi connectivity index (χ1) is 7.47. The van der Waals surface area contributed by atoms with Crippen molar-refractivity contribution in [1.82, 2.24) is 4.98 Å². The molecule has 0 unspecified atom stereocenters. The number of rotatable bonds is 5. The first-order valence-corrected chi connectivity index (χ1v) is 6.39. The third-order valence-corrected chi connectivity index (χ3v) is 3.41. The van der Waals surface area contributed by atoms with Crippen molar-refractivity contribution >= 4 is 22.9 Å². The van der Waals surface area contributed by atoms with Crippen LogP contribution in [0.3, 0.4) is 0 Å². The van der Waals surface area contributed by atoms with E-state index < -0.39 is 0 Å². The van der Waals surface area contributed by atoms with Crippen LogP contribution >= 0.6 is 11.3 Å². The van der Waals surface area contributed by atoms with Gasteiger partial charge in [-0.25, -0.2) is 4.98 Å². The smallest absolute Gasteiger partial charge is 0.194 e. The summed E-state index contributed by atoms with van der Waals surface area (Å²) < 4.78 is 0. The number of hydrogen-bond acceptors (Lipinski definition) is 4. The molecule has 0 aromatic carbocycles. The minimum absolute atomic E-state index is 0.000508. The van der Waals surface area contributed by atoms with E-state index in [2.05, 4.69) is 4.98 Å². The Bertz CT molecular complexity index is 395. The molecular formula is C12H17NO2S. The molecule has 88 valence electrons. The SMILES string of the molecule is CC[C@H](C)C(=O)c1nc(C(=O)C(C)C)cs1. The van der Waals surface area contributed by atoms with Crippen molar-refractivity contribution in [3.8, 4) is 0 Å². The molecule has 0 bridgehead atoms. The number of ketones is 2. The predicted molar refractivity (Wildman–Crippen MR) is 65.1 cm³/mol. The summed E-state index contributed by atoms with van der Waals surface area (Å²) in [4.78, 5) is 27.6. The fourth-order valence-electron chi connectivity index (χ4n) is 1.19.